The average molecular weight is 231 g/mol. The van der Waals surface area contributed by atoms with Crippen molar-refractivity contribution in [3.63, 3.8) is 0 Å². The Balaban J connectivity index is 2.58. The Hall–Kier alpha value is -0.840. The van der Waals surface area contributed by atoms with Crippen molar-refractivity contribution in [3.05, 3.63) is 22.8 Å². The van der Waals surface area contributed by atoms with Crippen LogP contribution in [-0.2, 0) is 11.3 Å². The van der Waals surface area contributed by atoms with E-state index in [0.29, 0.717) is 24.1 Å². The molecule has 84 valence electrons. The Morgan fingerprint density at radius 1 is 1.47 bits per heavy atom. The zero-order chi connectivity index (χ0) is 11.1. The second-order valence-electron chi connectivity index (χ2n) is 3.00. The summed E-state index contributed by atoms with van der Waals surface area (Å²) in [6.07, 6.45) is 1.74. The van der Waals surface area contributed by atoms with E-state index in [1.54, 1.807) is 13.3 Å². The van der Waals surface area contributed by atoms with Crippen LogP contribution in [0.5, 0.6) is 5.88 Å². The molecule has 1 heterocycles. The number of halogens is 1. The minimum Gasteiger partial charge on any atom is -0.474 e. The van der Waals surface area contributed by atoms with Crippen LogP contribution in [0.4, 0.5) is 0 Å². The zero-order valence-corrected chi connectivity index (χ0v) is 9.67. The van der Waals surface area contributed by atoms with Crippen LogP contribution >= 0.6 is 11.6 Å². The number of nitrogens with zero attached hydrogens (tertiary/aromatic N) is 1. The lowest BCUT2D eigenvalue weighted by molar-refractivity contribution is 0.144. The molecule has 0 fully saturated rings. The predicted molar refractivity (Wildman–Crippen MR) is 59.4 cm³/mol. The van der Waals surface area contributed by atoms with Gasteiger partial charge in [0.05, 0.1) is 6.61 Å². The van der Waals surface area contributed by atoms with Gasteiger partial charge in [0, 0.05) is 19.9 Å². The number of aromatic nitrogens is 1. The van der Waals surface area contributed by atoms with Gasteiger partial charge in [-0.1, -0.05) is 11.6 Å². The van der Waals surface area contributed by atoms with Crippen molar-refractivity contribution >= 4 is 11.6 Å². The van der Waals surface area contributed by atoms with Gasteiger partial charge in [0.2, 0.25) is 5.88 Å². The van der Waals surface area contributed by atoms with Gasteiger partial charge in [0.25, 0.3) is 0 Å². The predicted octanol–water partition coefficient (Wildman–Crippen LogP) is 1.48. The summed E-state index contributed by atoms with van der Waals surface area (Å²) in [5, 5.41) is 3.55. The maximum atomic E-state index is 5.99. The van der Waals surface area contributed by atoms with E-state index in [1.807, 2.05) is 13.1 Å². The van der Waals surface area contributed by atoms with Crippen molar-refractivity contribution in [2.45, 2.75) is 6.54 Å². The SMILES string of the molecule is CNCc1cnc(OCCOC)c(Cl)c1. The molecule has 1 aromatic heterocycles. The highest BCUT2D eigenvalue weighted by molar-refractivity contribution is 6.31. The standard InChI is InChI=1S/C10H15ClN2O2/c1-12-6-8-5-9(11)10(13-7-8)15-4-3-14-2/h5,7,12H,3-4,6H2,1-2H3. The molecule has 4 nitrogen and oxygen atoms in total. The van der Waals surface area contributed by atoms with E-state index < -0.39 is 0 Å². The number of rotatable bonds is 6. The molecule has 0 aliphatic carbocycles. The van der Waals surface area contributed by atoms with Crippen LogP contribution in [0.2, 0.25) is 5.02 Å². The van der Waals surface area contributed by atoms with Crippen molar-refractivity contribution in [2.24, 2.45) is 0 Å². The van der Waals surface area contributed by atoms with Crippen LogP contribution in [0.1, 0.15) is 5.56 Å². The molecule has 0 amide bonds. The van der Waals surface area contributed by atoms with E-state index in [9.17, 15) is 0 Å². The van der Waals surface area contributed by atoms with Crippen LogP contribution in [0.15, 0.2) is 12.3 Å². The second-order valence-corrected chi connectivity index (χ2v) is 3.41. The fourth-order valence-electron chi connectivity index (χ4n) is 1.09. The largest absolute Gasteiger partial charge is 0.474 e. The zero-order valence-electron chi connectivity index (χ0n) is 8.92. The second kappa shape index (κ2) is 6.61. The summed E-state index contributed by atoms with van der Waals surface area (Å²) in [6.45, 7) is 1.72. The number of hydrogen-bond acceptors (Lipinski definition) is 4. The summed E-state index contributed by atoms with van der Waals surface area (Å²) in [4.78, 5) is 4.12. The summed E-state index contributed by atoms with van der Waals surface area (Å²) in [7, 11) is 3.49. The van der Waals surface area contributed by atoms with Crippen LogP contribution < -0.4 is 10.1 Å². The molecule has 0 aliphatic heterocycles. The van der Waals surface area contributed by atoms with Crippen LogP contribution in [0.3, 0.4) is 0 Å². The highest BCUT2D eigenvalue weighted by Gasteiger charge is 2.04. The lowest BCUT2D eigenvalue weighted by Crippen LogP contribution is -2.08. The molecule has 0 aromatic carbocycles. The van der Waals surface area contributed by atoms with Gasteiger partial charge in [-0.25, -0.2) is 4.98 Å². The van der Waals surface area contributed by atoms with Crippen LogP contribution in [0, 0.1) is 0 Å². The number of methoxy groups -OCH3 is 1. The maximum absolute atomic E-state index is 5.99. The van der Waals surface area contributed by atoms with Crippen molar-refractivity contribution in [3.8, 4) is 5.88 Å². The van der Waals surface area contributed by atoms with Gasteiger partial charge in [0.15, 0.2) is 0 Å². The van der Waals surface area contributed by atoms with Gasteiger partial charge in [0.1, 0.15) is 11.6 Å². The quantitative estimate of drug-likeness (QED) is 0.752. The molecule has 0 saturated heterocycles. The smallest absolute Gasteiger partial charge is 0.232 e. The third-order valence-electron chi connectivity index (χ3n) is 1.77. The Morgan fingerprint density at radius 3 is 2.87 bits per heavy atom. The molecule has 0 saturated carbocycles. The summed E-state index contributed by atoms with van der Waals surface area (Å²) >= 11 is 5.99. The monoisotopic (exact) mass is 230 g/mol. The normalized spacial score (nSPS) is 10.3. The molecule has 0 atom stereocenters. The fraction of sp³-hybridized carbons (Fsp3) is 0.500. The first kappa shape index (κ1) is 12.2. The van der Waals surface area contributed by atoms with Gasteiger partial charge >= 0.3 is 0 Å². The first-order valence-electron chi connectivity index (χ1n) is 4.68. The van der Waals surface area contributed by atoms with E-state index in [-0.39, 0.29) is 0 Å². The van der Waals surface area contributed by atoms with Crippen molar-refractivity contribution in [1.29, 1.82) is 0 Å². The Kier molecular flexibility index (Phi) is 5.39. The molecule has 0 spiro atoms. The minimum atomic E-state index is 0.452. The first-order valence-corrected chi connectivity index (χ1v) is 5.06. The molecule has 1 N–H and O–H groups in total. The average Bonchev–Trinajstić information content (AvgIpc) is 2.22. The van der Waals surface area contributed by atoms with E-state index in [1.165, 1.54) is 0 Å². The Labute approximate surface area is 94.6 Å². The van der Waals surface area contributed by atoms with Gasteiger partial charge in [-0.05, 0) is 18.7 Å². The van der Waals surface area contributed by atoms with Crippen molar-refractivity contribution < 1.29 is 9.47 Å². The van der Waals surface area contributed by atoms with Crippen LogP contribution in [-0.4, -0.2) is 32.4 Å². The van der Waals surface area contributed by atoms with E-state index in [4.69, 9.17) is 21.1 Å². The lowest BCUT2D eigenvalue weighted by Gasteiger charge is -2.07. The third-order valence-corrected chi connectivity index (χ3v) is 2.04. The van der Waals surface area contributed by atoms with Gasteiger partial charge in [-0.15, -0.1) is 0 Å². The van der Waals surface area contributed by atoms with E-state index in [2.05, 4.69) is 10.3 Å². The third kappa shape index (κ3) is 4.03. The van der Waals surface area contributed by atoms with Gasteiger partial charge in [-0.2, -0.15) is 0 Å². The number of ether oxygens (including phenoxy) is 2. The molecule has 5 heteroatoms. The minimum absolute atomic E-state index is 0.452. The Morgan fingerprint density at radius 2 is 2.27 bits per heavy atom. The molecule has 1 rings (SSSR count). The molecular formula is C10H15ClN2O2. The van der Waals surface area contributed by atoms with Crippen LogP contribution in [0.25, 0.3) is 0 Å². The van der Waals surface area contributed by atoms with Crippen molar-refractivity contribution in [2.75, 3.05) is 27.4 Å². The fourth-order valence-corrected chi connectivity index (χ4v) is 1.34. The number of pyridine rings is 1. The lowest BCUT2D eigenvalue weighted by atomic mass is 10.3. The molecule has 1 aromatic rings. The number of hydrogen-bond donors (Lipinski definition) is 1. The van der Waals surface area contributed by atoms with E-state index >= 15 is 0 Å². The molecule has 15 heavy (non-hydrogen) atoms. The topological polar surface area (TPSA) is 43.4 Å². The number of nitrogens with one attached hydrogen (secondary N) is 1. The van der Waals surface area contributed by atoms with E-state index in [0.717, 1.165) is 12.1 Å². The molecule has 0 aliphatic rings. The van der Waals surface area contributed by atoms with Gasteiger partial charge < -0.3 is 14.8 Å². The highest BCUT2D eigenvalue weighted by atomic mass is 35.5. The molecule has 0 radical (unpaired) electrons. The summed E-state index contributed by atoms with van der Waals surface area (Å²) < 4.78 is 10.2. The Bertz CT molecular complexity index is 307. The maximum Gasteiger partial charge on any atom is 0.232 e. The molecular weight excluding hydrogens is 216 g/mol. The first-order chi connectivity index (χ1) is 7.27. The van der Waals surface area contributed by atoms with Gasteiger partial charge in [-0.3, -0.25) is 0 Å². The summed E-state index contributed by atoms with van der Waals surface area (Å²) in [6, 6.07) is 1.84. The highest BCUT2D eigenvalue weighted by Crippen LogP contribution is 2.22. The van der Waals surface area contributed by atoms with Crippen molar-refractivity contribution in [1.82, 2.24) is 10.3 Å². The summed E-state index contributed by atoms with van der Waals surface area (Å²) in [5.41, 5.74) is 1.03. The molecule has 0 bridgehead atoms. The molecule has 0 unspecified atom stereocenters. The summed E-state index contributed by atoms with van der Waals surface area (Å²) in [5.74, 6) is 0.452.